The zero-order valence-corrected chi connectivity index (χ0v) is 24.4. The summed E-state index contributed by atoms with van der Waals surface area (Å²) in [5.74, 6) is 6.69. The first-order valence-corrected chi connectivity index (χ1v) is 15.9. The normalized spacial score (nSPS) is 12.0. The predicted molar refractivity (Wildman–Crippen MR) is 159 cm³/mol. The first-order valence-electron chi connectivity index (χ1n) is 13.6. The standard InChI is InChI=1S/C32H38O5S2/c1-3-5-7-8-9-10-11-18-28(33)27-17-13-12-16-26(27)25-21-22-31(32(24-25)39(34,35)36)38-30-20-15-14-19-29(30)37-23-6-4-2/h12-17,19-22,24,28,33H,3-10,23H2,1-2H3,(H,34,35,36). The van der Waals surface area contributed by atoms with Crippen molar-refractivity contribution in [3.05, 3.63) is 72.3 Å². The lowest BCUT2D eigenvalue weighted by molar-refractivity contribution is 0.239. The molecule has 0 saturated carbocycles. The maximum Gasteiger partial charge on any atom is 0.295 e. The lowest BCUT2D eigenvalue weighted by atomic mass is 9.96. The maximum absolute atomic E-state index is 12.4. The van der Waals surface area contributed by atoms with Crippen molar-refractivity contribution in [1.82, 2.24) is 0 Å². The van der Waals surface area contributed by atoms with Gasteiger partial charge >= 0.3 is 0 Å². The van der Waals surface area contributed by atoms with E-state index in [2.05, 4.69) is 25.7 Å². The van der Waals surface area contributed by atoms with Crippen LogP contribution < -0.4 is 4.74 Å². The van der Waals surface area contributed by atoms with Crippen molar-refractivity contribution >= 4 is 21.9 Å². The van der Waals surface area contributed by atoms with Crippen LogP contribution in [0.5, 0.6) is 5.75 Å². The minimum atomic E-state index is -4.53. The third-order valence-electron chi connectivity index (χ3n) is 6.26. The highest BCUT2D eigenvalue weighted by atomic mass is 32.2. The van der Waals surface area contributed by atoms with Crippen LogP contribution >= 0.6 is 11.8 Å². The highest BCUT2D eigenvalue weighted by Crippen LogP contribution is 2.40. The van der Waals surface area contributed by atoms with Gasteiger partial charge in [-0.3, -0.25) is 4.55 Å². The van der Waals surface area contributed by atoms with Crippen LogP contribution in [0.15, 0.2) is 81.4 Å². The topological polar surface area (TPSA) is 83.8 Å². The zero-order valence-electron chi connectivity index (χ0n) is 22.7. The molecule has 7 heteroatoms. The number of ether oxygens (including phenoxy) is 1. The minimum Gasteiger partial charge on any atom is -0.492 e. The molecule has 0 aliphatic rings. The smallest absolute Gasteiger partial charge is 0.295 e. The van der Waals surface area contributed by atoms with Gasteiger partial charge in [-0.25, -0.2) is 0 Å². The number of rotatable bonds is 14. The van der Waals surface area contributed by atoms with Gasteiger partial charge in [-0.2, -0.15) is 8.42 Å². The molecule has 208 valence electrons. The van der Waals surface area contributed by atoms with E-state index in [0.29, 0.717) is 33.9 Å². The van der Waals surface area contributed by atoms with E-state index in [1.165, 1.54) is 37.1 Å². The molecule has 3 rings (SSSR count). The van der Waals surface area contributed by atoms with Gasteiger partial charge in [-0.15, -0.1) is 5.92 Å². The summed E-state index contributed by atoms with van der Waals surface area (Å²) in [5.41, 5.74) is 1.81. The van der Waals surface area contributed by atoms with Crippen molar-refractivity contribution in [3.63, 3.8) is 0 Å². The van der Waals surface area contributed by atoms with Crippen LogP contribution in [0.4, 0.5) is 0 Å². The van der Waals surface area contributed by atoms with Gasteiger partial charge in [0.05, 0.1) is 11.5 Å². The quantitative estimate of drug-likeness (QED) is 0.116. The van der Waals surface area contributed by atoms with E-state index in [1.807, 2.05) is 42.5 Å². The molecular formula is C32H38O5S2. The number of unbranched alkanes of at least 4 members (excludes halogenated alkanes) is 6. The van der Waals surface area contributed by atoms with Crippen LogP contribution in [0, 0.1) is 11.8 Å². The fourth-order valence-electron chi connectivity index (χ4n) is 4.12. The van der Waals surface area contributed by atoms with E-state index in [1.54, 1.807) is 18.2 Å². The molecule has 0 radical (unpaired) electrons. The fraction of sp³-hybridized carbons (Fsp3) is 0.375. The molecule has 0 bridgehead atoms. The molecule has 0 fully saturated rings. The van der Waals surface area contributed by atoms with Crippen LogP contribution in [-0.4, -0.2) is 24.7 Å². The SMILES string of the molecule is CCCCCCCC#CC(O)c1ccccc1-c1ccc(Sc2ccccc2OCCCC)c(S(=O)(=O)O)c1. The van der Waals surface area contributed by atoms with Gasteiger partial charge in [0.15, 0.2) is 0 Å². The van der Waals surface area contributed by atoms with Crippen molar-refractivity contribution in [2.75, 3.05) is 6.61 Å². The fourth-order valence-corrected chi connectivity index (χ4v) is 6.07. The Morgan fingerprint density at radius 2 is 1.59 bits per heavy atom. The molecule has 1 atom stereocenters. The second-order valence-corrected chi connectivity index (χ2v) is 11.8. The Morgan fingerprint density at radius 3 is 2.36 bits per heavy atom. The summed E-state index contributed by atoms with van der Waals surface area (Å²) in [5, 5.41) is 10.8. The molecule has 0 spiro atoms. The van der Waals surface area contributed by atoms with Gasteiger partial charge in [0.1, 0.15) is 16.7 Å². The molecule has 0 aliphatic heterocycles. The van der Waals surface area contributed by atoms with E-state index < -0.39 is 16.2 Å². The average Bonchev–Trinajstić information content (AvgIpc) is 2.93. The molecule has 3 aromatic carbocycles. The van der Waals surface area contributed by atoms with Gasteiger partial charge in [0.2, 0.25) is 0 Å². The number of aliphatic hydroxyl groups is 1. The van der Waals surface area contributed by atoms with Gasteiger partial charge in [0.25, 0.3) is 10.1 Å². The molecule has 3 aromatic rings. The first-order chi connectivity index (χ1) is 18.8. The molecule has 0 aromatic heterocycles. The number of hydrogen-bond donors (Lipinski definition) is 2. The maximum atomic E-state index is 12.4. The average molecular weight is 567 g/mol. The Morgan fingerprint density at radius 1 is 0.872 bits per heavy atom. The van der Waals surface area contributed by atoms with E-state index in [9.17, 15) is 18.1 Å². The molecule has 2 N–H and O–H groups in total. The highest BCUT2D eigenvalue weighted by molar-refractivity contribution is 8.00. The summed E-state index contributed by atoms with van der Waals surface area (Å²) in [6.07, 6.45) is 7.40. The summed E-state index contributed by atoms with van der Waals surface area (Å²) in [6.45, 7) is 4.84. The summed E-state index contributed by atoms with van der Waals surface area (Å²) in [6, 6.07) is 19.6. The Hall–Kier alpha value is -2.76. The summed E-state index contributed by atoms with van der Waals surface area (Å²) in [7, 11) is -4.53. The number of para-hydroxylation sites is 1. The summed E-state index contributed by atoms with van der Waals surface area (Å²) in [4.78, 5) is 0.941. The van der Waals surface area contributed by atoms with E-state index in [0.717, 1.165) is 37.0 Å². The Bertz CT molecular complexity index is 1370. The molecule has 0 heterocycles. The van der Waals surface area contributed by atoms with Gasteiger partial charge < -0.3 is 9.84 Å². The Balaban J connectivity index is 1.88. The lowest BCUT2D eigenvalue weighted by Gasteiger charge is -2.15. The molecular weight excluding hydrogens is 528 g/mol. The lowest BCUT2D eigenvalue weighted by Crippen LogP contribution is -2.03. The molecule has 5 nitrogen and oxygen atoms in total. The van der Waals surface area contributed by atoms with E-state index in [4.69, 9.17) is 4.74 Å². The van der Waals surface area contributed by atoms with Crippen LogP contribution in [-0.2, 0) is 10.1 Å². The summed E-state index contributed by atoms with van der Waals surface area (Å²) >= 11 is 1.22. The molecule has 0 saturated heterocycles. The number of hydrogen-bond acceptors (Lipinski definition) is 5. The third-order valence-corrected chi connectivity index (χ3v) is 8.41. The van der Waals surface area contributed by atoms with Crippen molar-refractivity contribution in [3.8, 4) is 28.7 Å². The molecule has 39 heavy (non-hydrogen) atoms. The van der Waals surface area contributed by atoms with Crippen LogP contribution in [0.2, 0.25) is 0 Å². The Kier molecular flexibility index (Phi) is 12.4. The van der Waals surface area contributed by atoms with Crippen molar-refractivity contribution in [2.45, 2.75) is 86.0 Å². The monoisotopic (exact) mass is 566 g/mol. The largest absolute Gasteiger partial charge is 0.492 e. The Labute approximate surface area is 237 Å². The molecule has 1 unspecified atom stereocenters. The van der Waals surface area contributed by atoms with E-state index in [-0.39, 0.29) is 4.90 Å². The van der Waals surface area contributed by atoms with E-state index >= 15 is 0 Å². The second kappa shape index (κ2) is 15.7. The zero-order chi connectivity index (χ0) is 28.1. The predicted octanol–water partition coefficient (Wildman–Crippen LogP) is 8.33. The third kappa shape index (κ3) is 9.44. The summed E-state index contributed by atoms with van der Waals surface area (Å²) < 4.78 is 40.9. The first kappa shape index (κ1) is 30.8. The van der Waals surface area contributed by atoms with Crippen molar-refractivity contribution < 1.29 is 22.8 Å². The molecule has 0 amide bonds. The number of aliphatic hydroxyl groups excluding tert-OH is 1. The highest BCUT2D eigenvalue weighted by Gasteiger charge is 2.20. The van der Waals surface area contributed by atoms with Gasteiger partial charge in [-0.1, -0.05) is 106 Å². The van der Waals surface area contributed by atoms with Crippen molar-refractivity contribution in [2.24, 2.45) is 0 Å². The molecule has 0 aliphatic carbocycles. The minimum absolute atomic E-state index is 0.198. The van der Waals surface area contributed by atoms with Gasteiger partial charge in [0, 0.05) is 16.9 Å². The number of benzene rings is 3. The van der Waals surface area contributed by atoms with Crippen LogP contribution in [0.25, 0.3) is 11.1 Å². The van der Waals surface area contributed by atoms with Gasteiger partial charge in [-0.05, 0) is 48.2 Å². The van der Waals surface area contributed by atoms with Crippen LogP contribution in [0.1, 0.15) is 76.9 Å². The van der Waals surface area contributed by atoms with Crippen molar-refractivity contribution in [1.29, 1.82) is 0 Å². The van der Waals surface area contributed by atoms with Crippen LogP contribution in [0.3, 0.4) is 0 Å². The second-order valence-electron chi connectivity index (χ2n) is 9.36.